The molecule has 2 aromatic heterocycles. The molecule has 1 amide bonds. The molecule has 0 aliphatic carbocycles. The zero-order valence-corrected chi connectivity index (χ0v) is 17.1. The lowest BCUT2D eigenvalue weighted by atomic mass is 10.2. The Kier molecular flexibility index (Phi) is 7.10. The van der Waals surface area contributed by atoms with Crippen LogP contribution in [0.2, 0.25) is 0 Å². The van der Waals surface area contributed by atoms with Gasteiger partial charge in [0.15, 0.2) is 0 Å². The number of aryl methyl sites for hydroxylation is 2. The van der Waals surface area contributed by atoms with Crippen molar-refractivity contribution in [3.63, 3.8) is 0 Å². The van der Waals surface area contributed by atoms with Crippen LogP contribution in [0, 0.1) is 13.8 Å². The molecule has 146 valence electrons. The Morgan fingerprint density at radius 1 is 1.19 bits per heavy atom. The van der Waals surface area contributed by atoms with Gasteiger partial charge in [0.1, 0.15) is 5.56 Å². The molecule has 0 aromatic carbocycles. The van der Waals surface area contributed by atoms with Gasteiger partial charge in [-0.25, -0.2) is 15.0 Å². The molecule has 2 heterocycles. The summed E-state index contributed by atoms with van der Waals surface area (Å²) in [4.78, 5) is 29.9. The molecule has 7 nitrogen and oxygen atoms in total. The first kappa shape index (κ1) is 20.6. The van der Waals surface area contributed by atoms with Crippen molar-refractivity contribution < 1.29 is 9.53 Å². The molecule has 0 spiro atoms. The average Bonchev–Trinajstić information content (AvgIpc) is 2.61. The van der Waals surface area contributed by atoms with Crippen LogP contribution in [0.25, 0.3) is 0 Å². The van der Waals surface area contributed by atoms with E-state index in [9.17, 15) is 4.79 Å². The minimum absolute atomic E-state index is 0.0469. The number of hydrogen-bond acceptors (Lipinski definition) is 6. The summed E-state index contributed by atoms with van der Waals surface area (Å²) in [6.45, 7) is 11.5. The van der Waals surface area contributed by atoms with Crippen molar-refractivity contribution in [2.75, 3.05) is 31.6 Å². The van der Waals surface area contributed by atoms with E-state index in [-0.39, 0.29) is 12.0 Å². The van der Waals surface area contributed by atoms with Gasteiger partial charge in [0.25, 0.3) is 5.91 Å². The predicted molar refractivity (Wildman–Crippen MR) is 106 cm³/mol. The van der Waals surface area contributed by atoms with Crippen LogP contribution in [0.3, 0.4) is 0 Å². The molecule has 2 rings (SSSR count). The molecule has 27 heavy (non-hydrogen) atoms. The molecule has 0 aliphatic heterocycles. The normalized spacial score (nSPS) is 10.8. The molecule has 0 aliphatic rings. The van der Waals surface area contributed by atoms with Gasteiger partial charge < -0.3 is 14.5 Å². The number of rotatable bonds is 8. The van der Waals surface area contributed by atoms with Gasteiger partial charge in [0, 0.05) is 44.3 Å². The Labute approximate surface area is 161 Å². The molecule has 0 radical (unpaired) electrons. The fourth-order valence-electron chi connectivity index (χ4n) is 2.69. The molecule has 0 unspecified atom stereocenters. The van der Waals surface area contributed by atoms with E-state index in [1.807, 2.05) is 52.6 Å². The van der Waals surface area contributed by atoms with Crippen LogP contribution in [0.1, 0.15) is 42.5 Å². The van der Waals surface area contributed by atoms with E-state index in [4.69, 9.17) is 4.74 Å². The number of anilines is 1. The van der Waals surface area contributed by atoms with Crippen molar-refractivity contribution in [1.29, 1.82) is 0 Å². The molecule has 7 heteroatoms. The van der Waals surface area contributed by atoms with Crippen molar-refractivity contribution >= 4 is 11.9 Å². The number of aromatic nitrogens is 3. The van der Waals surface area contributed by atoms with E-state index in [2.05, 4.69) is 15.0 Å². The van der Waals surface area contributed by atoms with Gasteiger partial charge in [-0.1, -0.05) is 0 Å². The third kappa shape index (κ3) is 5.64. The van der Waals surface area contributed by atoms with Crippen LogP contribution in [0.15, 0.2) is 24.4 Å². The highest BCUT2D eigenvalue weighted by molar-refractivity contribution is 5.96. The molecule has 0 saturated heterocycles. The van der Waals surface area contributed by atoms with Crippen LogP contribution in [-0.4, -0.2) is 58.5 Å². The molecule has 0 bridgehead atoms. The maximum Gasteiger partial charge on any atom is 0.259 e. The van der Waals surface area contributed by atoms with E-state index in [0.717, 1.165) is 11.4 Å². The second kappa shape index (κ2) is 9.30. The van der Waals surface area contributed by atoms with Crippen molar-refractivity contribution in [2.24, 2.45) is 0 Å². The van der Waals surface area contributed by atoms with Crippen LogP contribution < -0.4 is 9.64 Å². The van der Waals surface area contributed by atoms with E-state index in [0.29, 0.717) is 37.0 Å². The van der Waals surface area contributed by atoms with Gasteiger partial charge in [0.05, 0.1) is 6.10 Å². The van der Waals surface area contributed by atoms with Crippen LogP contribution >= 0.6 is 0 Å². The highest BCUT2D eigenvalue weighted by Gasteiger charge is 2.20. The van der Waals surface area contributed by atoms with Gasteiger partial charge in [0.2, 0.25) is 11.8 Å². The van der Waals surface area contributed by atoms with E-state index < -0.39 is 0 Å². The highest BCUT2D eigenvalue weighted by atomic mass is 16.5. The SMILES string of the molecule is CCN(CCN(C)c1nc(C)cc(C)n1)C(=O)c1cccnc1OC(C)C. The average molecular weight is 371 g/mol. The first-order chi connectivity index (χ1) is 12.8. The topological polar surface area (TPSA) is 71.5 Å². The summed E-state index contributed by atoms with van der Waals surface area (Å²) in [7, 11) is 1.93. The third-order valence-electron chi connectivity index (χ3n) is 4.04. The Morgan fingerprint density at radius 3 is 2.44 bits per heavy atom. The standard InChI is InChI=1S/C20H29N5O2/c1-7-25(12-11-24(6)20-22-15(4)13-16(5)23-20)19(26)17-9-8-10-21-18(17)27-14(2)3/h8-10,13-14H,7,11-12H2,1-6H3. The number of carbonyl (C=O) groups is 1. The fraction of sp³-hybridized carbons (Fsp3) is 0.500. The first-order valence-corrected chi connectivity index (χ1v) is 9.26. The van der Waals surface area contributed by atoms with Crippen molar-refractivity contribution in [1.82, 2.24) is 19.9 Å². The Balaban J connectivity index is 2.09. The third-order valence-corrected chi connectivity index (χ3v) is 4.04. The molecule has 0 saturated carbocycles. The Hall–Kier alpha value is -2.70. The quantitative estimate of drug-likeness (QED) is 0.710. The van der Waals surface area contributed by atoms with Crippen molar-refractivity contribution in [3.8, 4) is 5.88 Å². The van der Waals surface area contributed by atoms with Crippen molar-refractivity contribution in [2.45, 2.75) is 40.7 Å². The lowest BCUT2D eigenvalue weighted by Gasteiger charge is -2.25. The highest BCUT2D eigenvalue weighted by Crippen LogP contribution is 2.18. The maximum absolute atomic E-state index is 13.0. The molecule has 0 N–H and O–H groups in total. The van der Waals surface area contributed by atoms with Crippen LogP contribution in [-0.2, 0) is 0 Å². The van der Waals surface area contributed by atoms with Gasteiger partial charge >= 0.3 is 0 Å². The second-order valence-electron chi connectivity index (χ2n) is 6.78. The summed E-state index contributed by atoms with van der Waals surface area (Å²) in [6, 6.07) is 5.45. The van der Waals surface area contributed by atoms with Gasteiger partial charge in [-0.05, 0) is 52.8 Å². The minimum Gasteiger partial charge on any atom is -0.474 e. The van der Waals surface area contributed by atoms with Crippen LogP contribution in [0.5, 0.6) is 5.88 Å². The second-order valence-corrected chi connectivity index (χ2v) is 6.78. The fourth-order valence-corrected chi connectivity index (χ4v) is 2.69. The number of nitrogens with zero attached hydrogens (tertiary/aromatic N) is 5. The van der Waals surface area contributed by atoms with E-state index in [1.54, 1.807) is 23.2 Å². The molecule has 2 aromatic rings. The number of hydrogen-bond donors (Lipinski definition) is 0. The number of likely N-dealkylation sites (N-methyl/N-ethyl adjacent to an activating group) is 2. The molecule has 0 fully saturated rings. The number of amides is 1. The van der Waals surface area contributed by atoms with E-state index >= 15 is 0 Å². The minimum atomic E-state index is -0.0870. The zero-order valence-electron chi connectivity index (χ0n) is 17.1. The predicted octanol–water partition coefficient (Wildman–Crippen LogP) is 2.87. The number of pyridine rings is 1. The van der Waals surface area contributed by atoms with E-state index in [1.165, 1.54) is 0 Å². The first-order valence-electron chi connectivity index (χ1n) is 9.26. The van der Waals surface area contributed by atoms with Gasteiger partial charge in [-0.3, -0.25) is 4.79 Å². The summed E-state index contributed by atoms with van der Waals surface area (Å²) in [5.41, 5.74) is 2.34. The van der Waals surface area contributed by atoms with Gasteiger partial charge in [-0.2, -0.15) is 0 Å². The van der Waals surface area contributed by atoms with Crippen LogP contribution in [0.4, 0.5) is 5.95 Å². The number of ether oxygens (including phenoxy) is 1. The Bertz CT molecular complexity index is 758. The smallest absolute Gasteiger partial charge is 0.259 e. The zero-order chi connectivity index (χ0) is 20.0. The summed E-state index contributed by atoms with van der Waals surface area (Å²) in [5.74, 6) is 0.958. The molecule has 0 atom stereocenters. The lowest BCUT2D eigenvalue weighted by molar-refractivity contribution is 0.0761. The summed E-state index contributed by atoms with van der Waals surface area (Å²) < 4.78 is 5.69. The lowest BCUT2D eigenvalue weighted by Crippen LogP contribution is -2.38. The molecular weight excluding hydrogens is 342 g/mol. The Morgan fingerprint density at radius 2 is 1.85 bits per heavy atom. The summed E-state index contributed by atoms with van der Waals surface area (Å²) in [6.07, 6.45) is 1.59. The largest absolute Gasteiger partial charge is 0.474 e. The van der Waals surface area contributed by atoms with Gasteiger partial charge in [-0.15, -0.1) is 0 Å². The monoisotopic (exact) mass is 371 g/mol. The van der Waals surface area contributed by atoms with Crippen molar-refractivity contribution in [3.05, 3.63) is 41.3 Å². The number of carbonyl (C=O) groups excluding carboxylic acids is 1. The maximum atomic E-state index is 13.0. The molecular formula is C20H29N5O2. The summed E-state index contributed by atoms with van der Waals surface area (Å²) in [5, 5.41) is 0. The summed E-state index contributed by atoms with van der Waals surface area (Å²) >= 11 is 0.